The molecule has 0 nitrogen and oxygen atoms in total. The summed E-state index contributed by atoms with van der Waals surface area (Å²) in [6.07, 6.45) is 12.1. The predicted octanol–water partition coefficient (Wildman–Crippen LogP) is 16.4. The number of hydrogen-bond acceptors (Lipinski definition) is 0. The number of unbranched alkanes of at least 4 members (excludes halogenated alkanes) is 3. The zero-order valence-corrected chi connectivity index (χ0v) is 34.6. The molecule has 0 heterocycles. The van der Waals surface area contributed by atoms with Gasteiger partial charge in [0, 0.05) is 0 Å². The van der Waals surface area contributed by atoms with Crippen LogP contribution >= 0.6 is 0 Å². The first kappa shape index (κ1) is 44.4. The smallest absolute Gasteiger partial charge is 0.0103 e. The number of benzene rings is 5. The van der Waals surface area contributed by atoms with Crippen LogP contribution in [0.1, 0.15) is 158 Å². The van der Waals surface area contributed by atoms with Gasteiger partial charge in [0.25, 0.3) is 0 Å². The van der Waals surface area contributed by atoms with Crippen LogP contribution in [-0.4, -0.2) is 0 Å². The Morgan fingerprint density at radius 3 is 1.42 bits per heavy atom. The standard InChI is InChI=1S/C20H20.C13H20.C11H16.C4H10.C2H6/c1-2-3-4-5-14-20-18-12-8-6-10-16(18)15-17-11-7-9-13-19(17)20;1-9(2)12-7-6-8-13(10(3)4)11(12)5;1-5-11-9(3)6-8(2)7-10(11)4;1-3-4-2;1-2/h5-15H,2-4H2,1H3;6-10H,1-5H3;6-7H,5H2,1-4H3;3-4H2,1-2H3;1-2H3/b14-5+;;;;. The first-order valence-corrected chi connectivity index (χ1v) is 19.7. The Morgan fingerprint density at radius 1 is 0.560 bits per heavy atom. The van der Waals surface area contributed by atoms with Crippen molar-refractivity contribution in [2.45, 2.75) is 147 Å². The third kappa shape index (κ3) is 13.9. The van der Waals surface area contributed by atoms with E-state index in [1.54, 1.807) is 0 Å². The van der Waals surface area contributed by atoms with Gasteiger partial charge in [-0.15, -0.1) is 0 Å². The second-order valence-electron chi connectivity index (χ2n) is 13.9. The lowest BCUT2D eigenvalue weighted by Crippen LogP contribution is -1.98. The molecule has 0 aliphatic heterocycles. The molecule has 0 bridgehead atoms. The van der Waals surface area contributed by atoms with Crippen molar-refractivity contribution < 1.29 is 0 Å². The summed E-state index contributed by atoms with van der Waals surface area (Å²) in [6.45, 7) is 30.6. The molecule has 5 aromatic carbocycles. The zero-order valence-electron chi connectivity index (χ0n) is 34.6. The molecule has 0 fully saturated rings. The van der Waals surface area contributed by atoms with Crippen molar-refractivity contribution in [1.82, 2.24) is 0 Å². The fourth-order valence-electron chi connectivity index (χ4n) is 6.44. The van der Waals surface area contributed by atoms with Gasteiger partial charge in [-0.25, -0.2) is 0 Å². The van der Waals surface area contributed by atoms with E-state index in [0.29, 0.717) is 11.8 Å². The van der Waals surface area contributed by atoms with E-state index in [4.69, 9.17) is 0 Å². The summed E-state index contributed by atoms with van der Waals surface area (Å²) in [5.74, 6) is 1.28. The van der Waals surface area contributed by atoms with E-state index in [-0.39, 0.29) is 0 Å². The minimum atomic E-state index is 0.638. The Balaban J connectivity index is 0.000000363. The van der Waals surface area contributed by atoms with Crippen LogP contribution in [0.15, 0.2) is 91.0 Å². The molecule has 0 spiro atoms. The van der Waals surface area contributed by atoms with Crippen LogP contribution in [0.25, 0.3) is 27.6 Å². The highest BCUT2D eigenvalue weighted by Gasteiger charge is 2.09. The van der Waals surface area contributed by atoms with Crippen LogP contribution in [0, 0.1) is 27.7 Å². The van der Waals surface area contributed by atoms with Gasteiger partial charge in [-0.2, -0.15) is 0 Å². The third-order valence-corrected chi connectivity index (χ3v) is 9.18. The van der Waals surface area contributed by atoms with Gasteiger partial charge in [-0.1, -0.05) is 191 Å². The van der Waals surface area contributed by atoms with Crippen LogP contribution in [0.3, 0.4) is 0 Å². The first-order valence-electron chi connectivity index (χ1n) is 19.7. The van der Waals surface area contributed by atoms with E-state index in [0.717, 1.165) is 12.8 Å². The Morgan fingerprint density at radius 2 is 1.02 bits per heavy atom. The number of rotatable bonds is 8. The fraction of sp³-hybridized carbons (Fsp3) is 0.440. The largest absolute Gasteiger partial charge is 0.0839 e. The zero-order chi connectivity index (χ0) is 37.6. The molecule has 0 N–H and O–H groups in total. The quantitative estimate of drug-likeness (QED) is 0.114. The summed E-state index contributed by atoms with van der Waals surface area (Å²) in [6, 6.07) is 30.8. The lowest BCUT2D eigenvalue weighted by Gasteiger charge is -2.16. The molecule has 0 aliphatic carbocycles. The van der Waals surface area contributed by atoms with Gasteiger partial charge in [0.15, 0.2) is 0 Å². The highest BCUT2D eigenvalue weighted by Crippen LogP contribution is 2.30. The molecular formula is C50H72. The van der Waals surface area contributed by atoms with E-state index in [1.165, 1.54) is 91.7 Å². The van der Waals surface area contributed by atoms with Gasteiger partial charge in [0.1, 0.15) is 0 Å². The van der Waals surface area contributed by atoms with E-state index in [1.807, 2.05) is 13.8 Å². The maximum absolute atomic E-state index is 2.32. The molecular weight excluding hydrogens is 601 g/mol. The molecule has 50 heavy (non-hydrogen) atoms. The molecule has 0 heteroatoms. The summed E-state index contributed by atoms with van der Waals surface area (Å²) in [5.41, 5.74) is 11.6. The summed E-state index contributed by atoms with van der Waals surface area (Å²) in [7, 11) is 0. The Labute approximate surface area is 309 Å². The van der Waals surface area contributed by atoms with Gasteiger partial charge in [-0.3, -0.25) is 0 Å². The summed E-state index contributed by atoms with van der Waals surface area (Å²) < 4.78 is 0. The average molecular weight is 673 g/mol. The maximum atomic E-state index is 2.32. The van der Waals surface area contributed by atoms with Crippen molar-refractivity contribution in [2.24, 2.45) is 0 Å². The Bertz CT molecular complexity index is 1590. The normalized spacial score (nSPS) is 10.6. The number of hydrogen-bond donors (Lipinski definition) is 0. The van der Waals surface area contributed by atoms with Gasteiger partial charge >= 0.3 is 0 Å². The van der Waals surface area contributed by atoms with Crippen molar-refractivity contribution in [3.05, 3.63) is 136 Å². The van der Waals surface area contributed by atoms with Gasteiger partial charge < -0.3 is 0 Å². The highest BCUT2D eigenvalue weighted by atomic mass is 14.1. The minimum absolute atomic E-state index is 0.638. The maximum Gasteiger partial charge on any atom is -0.0103 e. The lowest BCUT2D eigenvalue weighted by atomic mass is 9.90. The second-order valence-corrected chi connectivity index (χ2v) is 13.9. The number of aryl methyl sites for hydroxylation is 3. The molecule has 0 atom stereocenters. The van der Waals surface area contributed by atoms with E-state index in [2.05, 4.69) is 180 Å². The highest BCUT2D eigenvalue weighted by molar-refractivity contribution is 6.06. The second kappa shape index (κ2) is 24.5. The van der Waals surface area contributed by atoms with Crippen molar-refractivity contribution in [3.63, 3.8) is 0 Å². The number of allylic oxidation sites excluding steroid dienone is 1. The van der Waals surface area contributed by atoms with E-state index < -0.39 is 0 Å². The van der Waals surface area contributed by atoms with E-state index in [9.17, 15) is 0 Å². The number of fused-ring (bicyclic) bond motifs is 2. The van der Waals surface area contributed by atoms with E-state index >= 15 is 0 Å². The Hall–Kier alpha value is -3.64. The van der Waals surface area contributed by atoms with Crippen molar-refractivity contribution in [1.29, 1.82) is 0 Å². The van der Waals surface area contributed by atoms with Crippen LogP contribution in [0.2, 0.25) is 0 Å². The summed E-state index contributed by atoms with van der Waals surface area (Å²) >= 11 is 0. The minimum Gasteiger partial charge on any atom is -0.0839 e. The predicted molar refractivity (Wildman–Crippen MR) is 231 cm³/mol. The van der Waals surface area contributed by atoms with Crippen LogP contribution in [0.5, 0.6) is 0 Å². The van der Waals surface area contributed by atoms with Gasteiger partial charge in [0.05, 0.1) is 0 Å². The summed E-state index contributed by atoms with van der Waals surface area (Å²) in [4.78, 5) is 0. The SMILES string of the molecule is CC.CCCC.CCCC/C=C/c1c2ccccc2cc2ccccc12.CCc1c(C)cc(C)cc1C.Cc1c(C(C)C)cccc1C(C)C. The molecule has 0 aliphatic rings. The van der Waals surface area contributed by atoms with Crippen molar-refractivity contribution >= 4 is 27.6 Å². The molecule has 0 saturated heterocycles. The molecule has 272 valence electrons. The molecule has 5 aromatic rings. The molecule has 0 radical (unpaired) electrons. The summed E-state index contributed by atoms with van der Waals surface area (Å²) in [5, 5.41) is 5.33. The van der Waals surface area contributed by atoms with Crippen LogP contribution < -0.4 is 0 Å². The molecule has 0 amide bonds. The molecule has 0 saturated carbocycles. The monoisotopic (exact) mass is 673 g/mol. The van der Waals surface area contributed by atoms with Gasteiger partial charge in [-0.05, 0) is 119 Å². The average Bonchev–Trinajstić information content (AvgIpc) is 3.11. The lowest BCUT2D eigenvalue weighted by molar-refractivity contribution is 0.816. The molecule has 0 unspecified atom stereocenters. The van der Waals surface area contributed by atoms with Crippen molar-refractivity contribution in [2.75, 3.05) is 0 Å². The van der Waals surface area contributed by atoms with Gasteiger partial charge in [0.2, 0.25) is 0 Å². The fourth-order valence-corrected chi connectivity index (χ4v) is 6.44. The first-order chi connectivity index (χ1) is 24.0. The van der Waals surface area contributed by atoms with Crippen LogP contribution in [0.4, 0.5) is 0 Å². The topological polar surface area (TPSA) is 0 Å². The molecule has 0 aromatic heterocycles. The van der Waals surface area contributed by atoms with Crippen molar-refractivity contribution in [3.8, 4) is 0 Å². The Kier molecular flexibility index (Phi) is 21.7. The third-order valence-electron chi connectivity index (χ3n) is 9.18. The molecule has 5 rings (SSSR count). The van der Waals surface area contributed by atoms with Crippen LogP contribution in [-0.2, 0) is 6.42 Å².